The van der Waals surface area contributed by atoms with Gasteiger partial charge >= 0.3 is 0 Å². The van der Waals surface area contributed by atoms with Gasteiger partial charge in [-0.3, -0.25) is 0 Å². The van der Waals surface area contributed by atoms with Crippen LogP contribution in [-0.2, 0) is 9.84 Å². The van der Waals surface area contributed by atoms with Crippen LogP contribution in [0.25, 0.3) is 0 Å². The van der Waals surface area contributed by atoms with Crippen molar-refractivity contribution >= 4 is 15.5 Å². The van der Waals surface area contributed by atoms with Crippen molar-refractivity contribution in [3.05, 3.63) is 29.6 Å². The van der Waals surface area contributed by atoms with Crippen molar-refractivity contribution in [2.75, 3.05) is 29.5 Å². The molecule has 6 heteroatoms. The highest BCUT2D eigenvalue weighted by Crippen LogP contribution is 2.22. The molecule has 17 heavy (non-hydrogen) atoms. The molecule has 0 unspecified atom stereocenters. The van der Waals surface area contributed by atoms with Crippen LogP contribution in [0.2, 0.25) is 0 Å². The Kier molecular flexibility index (Phi) is 3.03. The molecule has 0 N–H and O–H groups in total. The third-order valence-electron chi connectivity index (χ3n) is 2.76. The number of hydrogen-bond donors (Lipinski definition) is 0. The summed E-state index contributed by atoms with van der Waals surface area (Å²) in [5.41, 5.74) is 0.841. The van der Waals surface area contributed by atoms with Crippen molar-refractivity contribution in [1.82, 2.24) is 0 Å². The summed E-state index contributed by atoms with van der Waals surface area (Å²) in [7, 11) is -2.95. The van der Waals surface area contributed by atoms with Gasteiger partial charge in [-0.2, -0.15) is 5.26 Å². The highest BCUT2D eigenvalue weighted by molar-refractivity contribution is 7.91. The molecule has 0 bridgehead atoms. The number of hydrogen-bond acceptors (Lipinski definition) is 4. The van der Waals surface area contributed by atoms with Gasteiger partial charge in [0.05, 0.1) is 22.8 Å². The molecular weight excluding hydrogens is 243 g/mol. The molecule has 1 aliphatic rings. The molecule has 1 heterocycles. The molecule has 2 rings (SSSR count). The molecule has 0 spiro atoms. The Morgan fingerprint density at radius 1 is 1.29 bits per heavy atom. The van der Waals surface area contributed by atoms with E-state index in [1.54, 1.807) is 4.90 Å². The SMILES string of the molecule is N#Cc1cc(F)ccc1N1CCS(=O)(=O)CC1. The predicted molar refractivity (Wildman–Crippen MR) is 62.0 cm³/mol. The van der Waals surface area contributed by atoms with Crippen LogP contribution in [0.15, 0.2) is 18.2 Å². The van der Waals surface area contributed by atoms with Crippen LogP contribution >= 0.6 is 0 Å². The van der Waals surface area contributed by atoms with Gasteiger partial charge in [-0.1, -0.05) is 0 Å². The van der Waals surface area contributed by atoms with Crippen LogP contribution in [0, 0.1) is 17.1 Å². The van der Waals surface area contributed by atoms with E-state index in [2.05, 4.69) is 0 Å². The Morgan fingerprint density at radius 3 is 2.53 bits per heavy atom. The summed E-state index contributed by atoms with van der Waals surface area (Å²) in [5.74, 6) is -0.306. The zero-order chi connectivity index (χ0) is 12.5. The summed E-state index contributed by atoms with van der Waals surface area (Å²) >= 11 is 0. The second-order valence-electron chi connectivity index (χ2n) is 3.91. The summed E-state index contributed by atoms with van der Waals surface area (Å²) in [6.45, 7) is 0.700. The number of nitrogens with zero attached hydrogens (tertiary/aromatic N) is 2. The van der Waals surface area contributed by atoms with E-state index < -0.39 is 15.7 Å². The van der Waals surface area contributed by atoms with Gasteiger partial charge in [0, 0.05) is 13.1 Å². The van der Waals surface area contributed by atoms with E-state index in [-0.39, 0.29) is 17.1 Å². The Morgan fingerprint density at radius 2 is 1.94 bits per heavy atom. The number of rotatable bonds is 1. The topological polar surface area (TPSA) is 61.2 Å². The van der Waals surface area contributed by atoms with Gasteiger partial charge in [-0.25, -0.2) is 12.8 Å². The molecule has 1 aromatic rings. The molecule has 0 atom stereocenters. The van der Waals surface area contributed by atoms with Gasteiger partial charge in [0.25, 0.3) is 0 Å². The van der Waals surface area contributed by atoms with Gasteiger partial charge in [0.1, 0.15) is 11.9 Å². The van der Waals surface area contributed by atoms with Crippen molar-refractivity contribution < 1.29 is 12.8 Å². The molecule has 0 saturated carbocycles. The summed E-state index contributed by atoms with van der Waals surface area (Å²) < 4.78 is 35.5. The fourth-order valence-electron chi connectivity index (χ4n) is 1.83. The molecule has 1 saturated heterocycles. The third kappa shape index (κ3) is 2.56. The number of halogens is 1. The highest BCUT2D eigenvalue weighted by Gasteiger charge is 2.23. The zero-order valence-corrected chi connectivity index (χ0v) is 9.87. The minimum atomic E-state index is -2.95. The van der Waals surface area contributed by atoms with Crippen LogP contribution in [0.5, 0.6) is 0 Å². The number of nitriles is 1. The fraction of sp³-hybridized carbons (Fsp3) is 0.364. The van der Waals surface area contributed by atoms with E-state index in [0.29, 0.717) is 18.8 Å². The first kappa shape index (κ1) is 11.9. The molecule has 90 valence electrons. The maximum atomic E-state index is 13.0. The lowest BCUT2D eigenvalue weighted by Crippen LogP contribution is -2.40. The normalized spacial score (nSPS) is 18.7. The molecule has 1 aliphatic heterocycles. The first-order valence-corrected chi connectivity index (χ1v) is 6.99. The van der Waals surface area contributed by atoms with E-state index in [4.69, 9.17) is 5.26 Å². The molecule has 1 aromatic carbocycles. The lowest BCUT2D eigenvalue weighted by atomic mass is 10.1. The van der Waals surface area contributed by atoms with Crippen molar-refractivity contribution in [3.8, 4) is 6.07 Å². The summed E-state index contributed by atoms with van der Waals surface area (Å²) in [6, 6.07) is 5.89. The van der Waals surface area contributed by atoms with Crippen molar-refractivity contribution in [2.45, 2.75) is 0 Å². The van der Waals surface area contributed by atoms with Crippen LogP contribution in [-0.4, -0.2) is 33.0 Å². The minimum Gasteiger partial charge on any atom is -0.368 e. The molecule has 0 amide bonds. The van der Waals surface area contributed by atoms with Crippen LogP contribution < -0.4 is 4.90 Å². The van der Waals surface area contributed by atoms with Crippen LogP contribution in [0.1, 0.15) is 5.56 Å². The second kappa shape index (κ2) is 4.34. The van der Waals surface area contributed by atoms with E-state index in [9.17, 15) is 12.8 Å². The Hall–Kier alpha value is -1.61. The molecule has 1 fully saturated rings. The van der Waals surface area contributed by atoms with Crippen LogP contribution in [0.3, 0.4) is 0 Å². The number of benzene rings is 1. The molecular formula is C11H11FN2O2S. The molecule has 4 nitrogen and oxygen atoms in total. The van der Waals surface area contributed by atoms with Crippen LogP contribution in [0.4, 0.5) is 10.1 Å². The lowest BCUT2D eigenvalue weighted by molar-refractivity contribution is 0.586. The van der Waals surface area contributed by atoms with Gasteiger partial charge < -0.3 is 4.90 Å². The van der Waals surface area contributed by atoms with E-state index in [1.807, 2.05) is 6.07 Å². The smallest absolute Gasteiger partial charge is 0.153 e. The predicted octanol–water partition coefficient (Wildman–Crippen LogP) is 0.932. The monoisotopic (exact) mass is 254 g/mol. The van der Waals surface area contributed by atoms with Gasteiger partial charge in [-0.05, 0) is 18.2 Å². The fourth-order valence-corrected chi connectivity index (χ4v) is 3.03. The van der Waals surface area contributed by atoms with Crippen molar-refractivity contribution in [2.24, 2.45) is 0 Å². The lowest BCUT2D eigenvalue weighted by Gasteiger charge is -2.29. The Balaban J connectivity index is 2.28. The summed E-state index contributed by atoms with van der Waals surface area (Å²) in [5, 5.41) is 8.91. The van der Waals surface area contributed by atoms with Crippen molar-refractivity contribution in [3.63, 3.8) is 0 Å². The zero-order valence-electron chi connectivity index (χ0n) is 9.06. The first-order chi connectivity index (χ1) is 8.02. The average Bonchev–Trinajstić information content (AvgIpc) is 2.29. The Labute approximate surface area is 99.2 Å². The Bertz CT molecular complexity index is 564. The number of anilines is 1. The molecule has 0 radical (unpaired) electrons. The standard InChI is InChI=1S/C11H11FN2O2S/c12-10-1-2-11(9(7-10)8-13)14-3-5-17(15,16)6-4-14/h1-2,7H,3-6H2. The van der Waals surface area contributed by atoms with E-state index >= 15 is 0 Å². The largest absolute Gasteiger partial charge is 0.368 e. The second-order valence-corrected chi connectivity index (χ2v) is 6.22. The average molecular weight is 254 g/mol. The van der Waals surface area contributed by atoms with Gasteiger partial charge in [0.15, 0.2) is 9.84 Å². The van der Waals surface area contributed by atoms with E-state index in [1.165, 1.54) is 18.2 Å². The minimum absolute atomic E-state index is 0.0786. The third-order valence-corrected chi connectivity index (χ3v) is 4.37. The summed E-state index contributed by atoms with van der Waals surface area (Å²) in [4.78, 5) is 1.80. The molecule has 0 aromatic heterocycles. The van der Waals surface area contributed by atoms with Gasteiger partial charge in [-0.15, -0.1) is 0 Å². The number of sulfone groups is 1. The first-order valence-electron chi connectivity index (χ1n) is 5.17. The maximum Gasteiger partial charge on any atom is 0.153 e. The molecule has 0 aliphatic carbocycles. The summed E-state index contributed by atoms with van der Waals surface area (Å²) in [6.07, 6.45) is 0. The highest BCUT2D eigenvalue weighted by atomic mass is 32.2. The van der Waals surface area contributed by atoms with Crippen molar-refractivity contribution in [1.29, 1.82) is 5.26 Å². The maximum absolute atomic E-state index is 13.0. The van der Waals surface area contributed by atoms with Gasteiger partial charge in [0.2, 0.25) is 0 Å². The quantitative estimate of drug-likeness (QED) is 0.748. The van der Waals surface area contributed by atoms with E-state index in [0.717, 1.165) is 0 Å².